The van der Waals surface area contributed by atoms with E-state index in [9.17, 15) is 19.3 Å². The molecule has 104 valence electrons. The number of aromatic nitrogens is 2. The molecule has 20 heavy (non-hydrogen) atoms. The molecule has 0 bridgehead atoms. The molecule has 0 unspecified atom stereocenters. The van der Waals surface area contributed by atoms with Gasteiger partial charge in [-0.25, -0.2) is 4.98 Å². The van der Waals surface area contributed by atoms with Crippen molar-refractivity contribution in [3.05, 3.63) is 50.7 Å². The molecular formula is C11H9FN4O4. The number of halogens is 1. The summed E-state index contributed by atoms with van der Waals surface area (Å²) in [4.78, 5) is 27.2. The summed E-state index contributed by atoms with van der Waals surface area (Å²) in [6.45, 7) is 0. The molecule has 0 spiro atoms. The number of methoxy groups -OCH3 is 1. The first-order chi connectivity index (χ1) is 9.51. The minimum absolute atomic E-state index is 0.0413. The van der Waals surface area contributed by atoms with Gasteiger partial charge >= 0.3 is 5.69 Å². The van der Waals surface area contributed by atoms with Gasteiger partial charge in [0.1, 0.15) is 5.75 Å². The summed E-state index contributed by atoms with van der Waals surface area (Å²) < 4.78 is 18.4. The lowest BCUT2D eigenvalue weighted by Crippen LogP contribution is -2.09. The first-order valence-electron chi connectivity index (χ1n) is 5.35. The third kappa shape index (κ3) is 2.71. The summed E-state index contributed by atoms with van der Waals surface area (Å²) >= 11 is 0. The van der Waals surface area contributed by atoms with Crippen LogP contribution < -0.4 is 15.6 Å². The van der Waals surface area contributed by atoms with Gasteiger partial charge in [-0.05, 0) is 0 Å². The SMILES string of the molecule is COc1cc(F)c([N+](=O)[O-])cc1Nc1nccc(=O)[nH]1. The van der Waals surface area contributed by atoms with Crippen molar-refractivity contribution in [1.82, 2.24) is 9.97 Å². The average molecular weight is 280 g/mol. The predicted molar refractivity (Wildman–Crippen MR) is 67.7 cm³/mol. The second kappa shape index (κ2) is 5.34. The maximum atomic E-state index is 13.4. The van der Waals surface area contributed by atoms with Gasteiger partial charge in [0.25, 0.3) is 5.56 Å². The molecular weight excluding hydrogens is 271 g/mol. The summed E-state index contributed by atoms with van der Waals surface area (Å²) in [7, 11) is 1.28. The molecule has 0 atom stereocenters. The lowest BCUT2D eigenvalue weighted by atomic mass is 10.2. The smallest absolute Gasteiger partial charge is 0.307 e. The molecule has 0 fully saturated rings. The summed E-state index contributed by atoms with van der Waals surface area (Å²) in [5.41, 5.74) is -1.01. The number of benzene rings is 1. The number of rotatable bonds is 4. The fourth-order valence-electron chi connectivity index (χ4n) is 1.51. The minimum atomic E-state index is -1.02. The number of hydrogen-bond donors (Lipinski definition) is 2. The van der Waals surface area contributed by atoms with Crippen molar-refractivity contribution < 1.29 is 14.1 Å². The van der Waals surface area contributed by atoms with Gasteiger partial charge in [0, 0.05) is 24.4 Å². The normalized spacial score (nSPS) is 10.1. The Bertz CT molecular complexity index is 716. The number of ether oxygens (including phenoxy) is 1. The van der Waals surface area contributed by atoms with Crippen LogP contribution in [0.1, 0.15) is 0 Å². The average Bonchev–Trinajstić information content (AvgIpc) is 2.40. The number of nitrogens with zero attached hydrogens (tertiary/aromatic N) is 2. The van der Waals surface area contributed by atoms with Crippen LogP contribution in [0.5, 0.6) is 5.75 Å². The van der Waals surface area contributed by atoms with Gasteiger partial charge in [0.2, 0.25) is 11.8 Å². The third-order valence-electron chi connectivity index (χ3n) is 2.39. The summed E-state index contributed by atoms with van der Waals surface area (Å²) in [6.07, 6.45) is 1.26. The van der Waals surface area contributed by atoms with E-state index in [1.807, 2.05) is 0 Å². The zero-order chi connectivity index (χ0) is 14.7. The van der Waals surface area contributed by atoms with E-state index in [2.05, 4.69) is 15.3 Å². The molecule has 0 amide bonds. The molecule has 0 aliphatic heterocycles. The Morgan fingerprint density at radius 3 is 2.85 bits per heavy atom. The Balaban J connectivity index is 2.46. The van der Waals surface area contributed by atoms with Gasteiger partial charge in [0.15, 0.2) is 0 Å². The lowest BCUT2D eigenvalue weighted by molar-refractivity contribution is -0.387. The van der Waals surface area contributed by atoms with E-state index in [-0.39, 0.29) is 17.4 Å². The first kappa shape index (κ1) is 13.5. The van der Waals surface area contributed by atoms with Gasteiger partial charge in [0.05, 0.1) is 17.7 Å². The van der Waals surface area contributed by atoms with Crippen LogP contribution in [-0.4, -0.2) is 22.0 Å². The first-order valence-corrected chi connectivity index (χ1v) is 5.35. The molecule has 2 aromatic rings. The Morgan fingerprint density at radius 2 is 2.25 bits per heavy atom. The number of H-pyrrole nitrogens is 1. The van der Waals surface area contributed by atoms with Crippen molar-refractivity contribution in [1.29, 1.82) is 0 Å². The van der Waals surface area contributed by atoms with Crippen LogP contribution in [0.4, 0.5) is 21.7 Å². The van der Waals surface area contributed by atoms with E-state index >= 15 is 0 Å². The maximum absolute atomic E-state index is 13.4. The van der Waals surface area contributed by atoms with Crippen molar-refractivity contribution in [2.45, 2.75) is 0 Å². The fourth-order valence-corrected chi connectivity index (χ4v) is 1.51. The molecule has 8 nitrogen and oxygen atoms in total. The van der Waals surface area contributed by atoms with Crippen LogP contribution in [0.2, 0.25) is 0 Å². The minimum Gasteiger partial charge on any atom is -0.494 e. The zero-order valence-electron chi connectivity index (χ0n) is 10.2. The van der Waals surface area contributed by atoms with Crippen molar-refractivity contribution in [2.24, 2.45) is 0 Å². The molecule has 1 aromatic carbocycles. The summed E-state index contributed by atoms with van der Waals surface area (Å²) in [5.74, 6) is -0.928. The molecule has 0 radical (unpaired) electrons. The Labute approximate surface area is 111 Å². The van der Waals surface area contributed by atoms with Gasteiger partial charge < -0.3 is 10.1 Å². The van der Waals surface area contributed by atoms with Gasteiger partial charge in [-0.3, -0.25) is 19.9 Å². The maximum Gasteiger partial charge on any atom is 0.307 e. The largest absolute Gasteiger partial charge is 0.494 e. The number of nitro groups is 1. The highest BCUT2D eigenvalue weighted by molar-refractivity contribution is 5.66. The molecule has 0 saturated carbocycles. The predicted octanol–water partition coefficient (Wildman–Crippen LogP) is 1.57. The van der Waals surface area contributed by atoms with Crippen LogP contribution in [0.15, 0.2) is 29.2 Å². The molecule has 2 N–H and O–H groups in total. The number of hydrogen-bond acceptors (Lipinski definition) is 6. The van der Waals surface area contributed by atoms with Gasteiger partial charge in [-0.2, -0.15) is 4.39 Å². The standard InChI is InChI=1S/C11H9FN4O4/c1-20-9-4-6(12)8(16(18)19)5-7(9)14-11-13-3-2-10(17)15-11/h2-5H,1H3,(H2,13,14,15,17). The quantitative estimate of drug-likeness (QED) is 0.649. The number of anilines is 2. The van der Waals surface area contributed by atoms with Gasteiger partial charge in [-0.15, -0.1) is 0 Å². The molecule has 9 heteroatoms. The molecule has 1 heterocycles. The van der Waals surface area contributed by atoms with Crippen LogP contribution in [0.3, 0.4) is 0 Å². The highest BCUT2D eigenvalue weighted by Gasteiger charge is 2.19. The van der Waals surface area contributed by atoms with E-state index in [4.69, 9.17) is 4.74 Å². The van der Waals surface area contributed by atoms with Crippen molar-refractivity contribution >= 4 is 17.3 Å². The van der Waals surface area contributed by atoms with Crippen molar-refractivity contribution in [3.8, 4) is 5.75 Å². The van der Waals surface area contributed by atoms with Crippen LogP contribution >= 0.6 is 0 Å². The lowest BCUT2D eigenvalue weighted by Gasteiger charge is -2.10. The van der Waals surface area contributed by atoms with E-state index in [1.54, 1.807) is 0 Å². The number of nitro benzene ring substituents is 1. The van der Waals surface area contributed by atoms with Gasteiger partial charge in [-0.1, -0.05) is 0 Å². The number of aromatic amines is 1. The highest BCUT2D eigenvalue weighted by Crippen LogP contribution is 2.32. The Morgan fingerprint density at radius 1 is 1.50 bits per heavy atom. The monoisotopic (exact) mass is 280 g/mol. The topological polar surface area (TPSA) is 110 Å². The van der Waals surface area contributed by atoms with Crippen molar-refractivity contribution in [3.63, 3.8) is 0 Å². The van der Waals surface area contributed by atoms with Crippen LogP contribution in [0.25, 0.3) is 0 Å². The highest BCUT2D eigenvalue weighted by atomic mass is 19.1. The molecule has 2 rings (SSSR count). The zero-order valence-corrected chi connectivity index (χ0v) is 10.2. The van der Waals surface area contributed by atoms with E-state index in [0.29, 0.717) is 0 Å². The Kier molecular flexibility index (Phi) is 3.60. The van der Waals surface area contributed by atoms with Crippen molar-refractivity contribution in [2.75, 3.05) is 12.4 Å². The fraction of sp³-hybridized carbons (Fsp3) is 0.0909. The van der Waals surface area contributed by atoms with E-state index in [0.717, 1.165) is 12.1 Å². The summed E-state index contributed by atoms with van der Waals surface area (Å²) in [6, 6.07) is 3.04. The second-order valence-electron chi connectivity index (χ2n) is 3.67. The molecule has 0 aliphatic carbocycles. The number of nitrogens with one attached hydrogen (secondary N) is 2. The van der Waals surface area contributed by atoms with Crippen LogP contribution in [-0.2, 0) is 0 Å². The van der Waals surface area contributed by atoms with E-state index < -0.39 is 22.0 Å². The molecule has 0 saturated heterocycles. The van der Waals surface area contributed by atoms with E-state index in [1.165, 1.54) is 19.4 Å². The summed E-state index contributed by atoms with van der Waals surface area (Å²) in [5, 5.41) is 13.3. The third-order valence-corrected chi connectivity index (χ3v) is 2.39. The second-order valence-corrected chi connectivity index (χ2v) is 3.67. The van der Waals surface area contributed by atoms with Crippen LogP contribution in [0, 0.1) is 15.9 Å². The molecule has 0 aliphatic rings. The molecule has 1 aromatic heterocycles. The Hall–Kier alpha value is -2.97.